The maximum absolute atomic E-state index is 12.4. The number of carbonyl (C=O) groups is 1. The van der Waals surface area contributed by atoms with Gasteiger partial charge in [-0.1, -0.05) is 42.1 Å². The molecular weight excluding hydrogens is 358 g/mol. The third kappa shape index (κ3) is 4.16. The van der Waals surface area contributed by atoms with E-state index in [0.717, 1.165) is 36.7 Å². The maximum atomic E-state index is 12.4. The molecule has 2 aliphatic carbocycles. The summed E-state index contributed by atoms with van der Waals surface area (Å²) in [4.78, 5) is 12.4. The van der Waals surface area contributed by atoms with E-state index in [9.17, 15) is 10.1 Å². The lowest BCUT2D eigenvalue weighted by Crippen LogP contribution is -2.47. The van der Waals surface area contributed by atoms with Crippen molar-refractivity contribution in [2.24, 2.45) is 5.92 Å². The van der Waals surface area contributed by atoms with Crippen molar-refractivity contribution in [1.82, 2.24) is 20.1 Å². The molecule has 27 heavy (non-hydrogen) atoms. The lowest BCUT2D eigenvalue weighted by molar-refractivity contribution is -0.119. The Bertz CT molecular complexity index is 866. The Balaban J connectivity index is 1.44. The SMILES string of the molecule is CC(C#N)(NC(=O)CSc1nnc(C2CC2)n1Cc1ccccc1)C1CC1. The maximum Gasteiger partial charge on any atom is 0.231 e. The van der Waals surface area contributed by atoms with Gasteiger partial charge in [-0.3, -0.25) is 4.79 Å². The normalized spacial score (nSPS) is 18.5. The molecule has 6 nitrogen and oxygen atoms in total. The van der Waals surface area contributed by atoms with Crippen LogP contribution in [0.2, 0.25) is 0 Å². The van der Waals surface area contributed by atoms with Crippen molar-refractivity contribution in [1.29, 1.82) is 5.26 Å². The average molecular weight is 382 g/mol. The quantitative estimate of drug-likeness (QED) is 0.711. The lowest BCUT2D eigenvalue weighted by atomic mass is 9.98. The average Bonchev–Trinajstić information content (AvgIpc) is 3.59. The summed E-state index contributed by atoms with van der Waals surface area (Å²) in [6.45, 7) is 2.53. The fourth-order valence-electron chi connectivity index (χ4n) is 3.30. The van der Waals surface area contributed by atoms with Gasteiger partial charge in [0.2, 0.25) is 5.91 Å². The number of aromatic nitrogens is 3. The second-order valence-corrected chi connectivity index (χ2v) is 8.55. The molecule has 4 rings (SSSR count). The van der Waals surface area contributed by atoms with Gasteiger partial charge >= 0.3 is 0 Å². The zero-order chi connectivity index (χ0) is 18.9. The number of hydrogen-bond donors (Lipinski definition) is 1. The molecule has 2 aromatic rings. The number of thioether (sulfide) groups is 1. The number of amides is 1. The molecule has 1 N–H and O–H groups in total. The molecule has 0 bridgehead atoms. The first-order chi connectivity index (χ1) is 13.1. The molecule has 1 aromatic carbocycles. The van der Waals surface area contributed by atoms with Crippen LogP contribution in [0.4, 0.5) is 0 Å². The summed E-state index contributed by atoms with van der Waals surface area (Å²) in [5.74, 6) is 1.89. The first-order valence-electron chi connectivity index (χ1n) is 9.41. The van der Waals surface area contributed by atoms with Gasteiger partial charge < -0.3 is 9.88 Å². The Morgan fingerprint density at radius 3 is 2.67 bits per heavy atom. The zero-order valence-electron chi connectivity index (χ0n) is 15.4. The van der Waals surface area contributed by atoms with Gasteiger partial charge in [-0.2, -0.15) is 5.26 Å². The first-order valence-corrected chi connectivity index (χ1v) is 10.4. The smallest absolute Gasteiger partial charge is 0.231 e. The second-order valence-electron chi connectivity index (χ2n) is 7.61. The van der Waals surface area contributed by atoms with Crippen molar-refractivity contribution in [2.45, 2.75) is 55.8 Å². The summed E-state index contributed by atoms with van der Waals surface area (Å²) in [5.41, 5.74) is 0.436. The molecule has 7 heteroatoms. The molecule has 1 amide bonds. The Hall–Kier alpha value is -2.33. The standard InChI is InChI=1S/C20H23N5OS/c1-20(13-21,16-9-10-16)22-17(26)12-27-19-24-23-18(15-7-8-15)25(19)11-14-5-3-2-4-6-14/h2-6,15-16H,7-12H2,1H3,(H,22,26). The number of benzene rings is 1. The topological polar surface area (TPSA) is 83.6 Å². The van der Waals surface area contributed by atoms with Crippen LogP contribution in [-0.2, 0) is 11.3 Å². The highest BCUT2D eigenvalue weighted by Crippen LogP contribution is 2.41. The number of rotatable bonds is 8. The molecule has 2 aliphatic rings. The highest BCUT2D eigenvalue weighted by Gasteiger charge is 2.43. The largest absolute Gasteiger partial charge is 0.337 e. The molecule has 2 fully saturated rings. The van der Waals surface area contributed by atoms with Crippen LogP contribution in [0.3, 0.4) is 0 Å². The third-order valence-electron chi connectivity index (χ3n) is 5.23. The summed E-state index contributed by atoms with van der Waals surface area (Å²) < 4.78 is 2.13. The van der Waals surface area contributed by atoms with Crippen LogP contribution in [0, 0.1) is 17.2 Å². The summed E-state index contributed by atoms with van der Waals surface area (Å²) >= 11 is 1.39. The van der Waals surface area contributed by atoms with Gasteiger partial charge in [0.05, 0.1) is 18.4 Å². The van der Waals surface area contributed by atoms with Crippen molar-refractivity contribution in [3.8, 4) is 6.07 Å². The minimum absolute atomic E-state index is 0.127. The van der Waals surface area contributed by atoms with Gasteiger partial charge in [0.15, 0.2) is 5.16 Å². The van der Waals surface area contributed by atoms with Crippen LogP contribution in [-0.4, -0.2) is 32.0 Å². The molecule has 1 unspecified atom stereocenters. The van der Waals surface area contributed by atoms with Crippen LogP contribution in [0.15, 0.2) is 35.5 Å². The first kappa shape index (κ1) is 18.1. The van der Waals surface area contributed by atoms with E-state index in [4.69, 9.17) is 0 Å². The van der Waals surface area contributed by atoms with Crippen molar-refractivity contribution in [3.05, 3.63) is 41.7 Å². The molecule has 140 valence electrons. The van der Waals surface area contributed by atoms with Gasteiger partial charge in [0.25, 0.3) is 0 Å². The van der Waals surface area contributed by atoms with E-state index in [1.165, 1.54) is 17.3 Å². The molecule has 0 spiro atoms. The predicted octanol–water partition coefficient (Wildman–Crippen LogP) is 3.10. The van der Waals surface area contributed by atoms with Gasteiger partial charge in [0, 0.05) is 5.92 Å². The molecule has 1 heterocycles. The van der Waals surface area contributed by atoms with Gasteiger partial charge in [-0.15, -0.1) is 10.2 Å². The van der Waals surface area contributed by atoms with Gasteiger partial charge in [-0.05, 0) is 44.1 Å². The Morgan fingerprint density at radius 1 is 1.30 bits per heavy atom. The highest BCUT2D eigenvalue weighted by atomic mass is 32.2. The number of carbonyl (C=O) groups excluding carboxylic acids is 1. The molecule has 0 saturated heterocycles. The van der Waals surface area contributed by atoms with Crippen LogP contribution in [0.25, 0.3) is 0 Å². The number of nitrogens with one attached hydrogen (secondary N) is 1. The minimum atomic E-state index is -0.755. The fourth-order valence-corrected chi connectivity index (χ4v) is 4.05. The molecular formula is C20H23N5OS. The lowest BCUT2D eigenvalue weighted by Gasteiger charge is -2.22. The van der Waals surface area contributed by atoms with Crippen molar-refractivity contribution in [2.75, 3.05) is 5.75 Å². The zero-order valence-corrected chi connectivity index (χ0v) is 16.2. The van der Waals surface area contributed by atoms with Crippen molar-refractivity contribution < 1.29 is 4.79 Å². The molecule has 0 radical (unpaired) electrons. The summed E-state index contributed by atoms with van der Waals surface area (Å²) in [7, 11) is 0. The van der Waals surface area contributed by atoms with E-state index in [1.807, 2.05) is 25.1 Å². The van der Waals surface area contributed by atoms with E-state index >= 15 is 0 Å². The van der Waals surface area contributed by atoms with E-state index in [2.05, 4.69) is 38.3 Å². The monoisotopic (exact) mass is 381 g/mol. The van der Waals surface area contributed by atoms with Gasteiger partial charge in [0.1, 0.15) is 11.4 Å². The van der Waals surface area contributed by atoms with Crippen LogP contribution >= 0.6 is 11.8 Å². The number of nitriles is 1. The van der Waals surface area contributed by atoms with Crippen LogP contribution in [0.5, 0.6) is 0 Å². The third-order valence-corrected chi connectivity index (χ3v) is 6.20. The van der Waals surface area contributed by atoms with Crippen molar-refractivity contribution in [3.63, 3.8) is 0 Å². The Labute approximate surface area is 163 Å². The van der Waals surface area contributed by atoms with Crippen LogP contribution < -0.4 is 5.32 Å². The molecule has 2 saturated carbocycles. The second kappa shape index (κ2) is 7.35. The van der Waals surface area contributed by atoms with E-state index in [1.54, 1.807) is 0 Å². The van der Waals surface area contributed by atoms with E-state index in [-0.39, 0.29) is 17.6 Å². The number of hydrogen-bond acceptors (Lipinski definition) is 5. The molecule has 1 aromatic heterocycles. The Kier molecular flexibility index (Phi) is 4.92. The molecule has 1 atom stereocenters. The predicted molar refractivity (Wildman–Crippen MR) is 103 cm³/mol. The minimum Gasteiger partial charge on any atom is -0.337 e. The Morgan fingerprint density at radius 2 is 2.04 bits per heavy atom. The van der Waals surface area contributed by atoms with Gasteiger partial charge in [-0.25, -0.2) is 0 Å². The molecule has 0 aliphatic heterocycles. The summed E-state index contributed by atoms with van der Waals surface area (Å²) in [6, 6.07) is 12.5. The summed E-state index contributed by atoms with van der Waals surface area (Å²) in [5, 5.41) is 21.8. The highest BCUT2D eigenvalue weighted by molar-refractivity contribution is 7.99. The van der Waals surface area contributed by atoms with Crippen LogP contribution in [0.1, 0.15) is 49.9 Å². The summed E-state index contributed by atoms with van der Waals surface area (Å²) in [6.07, 6.45) is 4.32. The number of nitrogens with zero attached hydrogens (tertiary/aromatic N) is 4. The van der Waals surface area contributed by atoms with E-state index < -0.39 is 5.54 Å². The fraction of sp³-hybridized carbons (Fsp3) is 0.500. The van der Waals surface area contributed by atoms with Crippen molar-refractivity contribution >= 4 is 17.7 Å². The van der Waals surface area contributed by atoms with E-state index in [0.29, 0.717) is 12.5 Å².